The second kappa shape index (κ2) is 10.3. The van der Waals surface area contributed by atoms with Crippen LogP contribution in [0.1, 0.15) is 30.5 Å². The second-order valence-corrected chi connectivity index (χ2v) is 7.85. The van der Waals surface area contributed by atoms with E-state index in [1.165, 1.54) is 4.90 Å². The minimum absolute atomic E-state index is 0.0537. The lowest BCUT2D eigenvalue weighted by atomic mass is 9.94. The molecule has 170 valence electrons. The fourth-order valence-electron chi connectivity index (χ4n) is 3.94. The highest BCUT2D eigenvalue weighted by atomic mass is 16.5. The van der Waals surface area contributed by atoms with Crippen LogP contribution in [0.2, 0.25) is 0 Å². The third-order valence-corrected chi connectivity index (χ3v) is 5.40. The number of ketones is 1. The largest absolute Gasteiger partial charge is 0.507 e. The molecule has 0 spiro atoms. The number of carbonyl (C=O) groups excluding carboxylic acids is 2. The molecule has 1 amide bonds. The highest BCUT2D eigenvalue weighted by molar-refractivity contribution is 6.46. The normalized spacial score (nSPS) is 17.8. The molecule has 2 aromatic rings. The number of hydrogen-bond acceptors (Lipinski definition) is 6. The van der Waals surface area contributed by atoms with Gasteiger partial charge in [-0.25, -0.2) is 0 Å². The molecule has 1 fully saturated rings. The lowest BCUT2D eigenvalue weighted by Gasteiger charge is -2.27. The molecule has 0 bridgehead atoms. The van der Waals surface area contributed by atoms with Crippen LogP contribution in [0.25, 0.3) is 5.76 Å². The van der Waals surface area contributed by atoms with Gasteiger partial charge in [0.15, 0.2) is 0 Å². The summed E-state index contributed by atoms with van der Waals surface area (Å²) in [7, 11) is 5.46. The van der Waals surface area contributed by atoms with E-state index >= 15 is 0 Å². The number of para-hydroxylation sites is 1. The zero-order valence-corrected chi connectivity index (χ0v) is 19.0. The van der Waals surface area contributed by atoms with E-state index in [-0.39, 0.29) is 11.3 Å². The minimum atomic E-state index is -0.746. The molecule has 0 aromatic heterocycles. The van der Waals surface area contributed by atoms with Gasteiger partial charge in [0.05, 0.1) is 25.3 Å². The summed E-state index contributed by atoms with van der Waals surface area (Å²) in [4.78, 5) is 29.7. The van der Waals surface area contributed by atoms with Crippen LogP contribution in [0.5, 0.6) is 11.5 Å². The molecule has 1 aliphatic heterocycles. The molecule has 0 aliphatic carbocycles. The van der Waals surface area contributed by atoms with E-state index in [1.54, 1.807) is 37.4 Å². The molecule has 1 aliphatic rings. The van der Waals surface area contributed by atoms with Gasteiger partial charge in [0.2, 0.25) is 0 Å². The van der Waals surface area contributed by atoms with E-state index < -0.39 is 17.7 Å². The number of aliphatic hydroxyl groups is 1. The summed E-state index contributed by atoms with van der Waals surface area (Å²) in [6, 6.07) is 13.4. The van der Waals surface area contributed by atoms with Crippen molar-refractivity contribution in [2.45, 2.75) is 19.4 Å². The van der Waals surface area contributed by atoms with Crippen molar-refractivity contribution in [3.8, 4) is 11.5 Å². The number of nitrogens with zero attached hydrogens (tertiary/aromatic N) is 2. The Hall–Kier alpha value is -3.32. The second-order valence-electron chi connectivity index (χ2n) is 7.85. The van der Waals surface area contributed by atoms with Crippen molar-refractivity contribution in [1.29, 1.82) is 0 Å². The van der Waals surface area contributed by atoms with E-state index in [1.807, 2.05) is 44.1 Å². The smallest absolute Gasteiger partial charge is 0.295 e. The van der Waals surface area contributed by atoms with Gasteiger partial charge in [-0.3, -0.25) is 9.59 Å². The van der Waals surface area contributed by atoms with Gasteiger partial charge in [0, 0.05) is 17.7 Å². The quantitative estimate of drug-likeness (QED) is 0.367. The van der Waals surface area contributed by atoms with Crippen LogP contribution < -0.4 is 9.47 Å². The summed E-state index contributed by atoms with van der Waals surface area (Å²) < 4.78 is 11.1. The fourth-order valence-corrected chi connectivity index (χ4v) is 3.94. The van der Waals surface area contributed by atoms with E-state index in [0.717, 1.165) is 6.54 Å². The van der Waals surface area contributed by atoms with Crippen molar-refractivity contribution in [1.82, 2.24) is 9.80 Å². The number of likely N-dealkylation sites (tertiary alicyclic amines) is 1. The Morgan fingerprint density at radius 2 is 1.88 bits per heavy atom. The summed E-state index contributed by atoms with van der Waals surface area (Å²) in [6.45, 7) is 3.48. The van der Waals surface area contributed by atoms with Gasteiger partial charge in [-0.05, 0) is 52.2 Å². The summed E-state index contributed by atoms with van der Waals surface area (Å²) in [5, 5.41) is 11.2. The number of hydrogen-bond donors (Lipinski definition) is 1. The summed E-state index contributed by atoms with van der Waals surface area (Å²) in [5.41, 5.74) is 1.13. The minimum Gasteiger partial charge on any atom is -0.507 e. The average molecular weight is 439 g/mol. The number of rotatable bonds is 9. The van der Waals surface area contributed by atoms with Crippen molar-refractivity contribution in [3.05, 3.63) is 65.2 Å². The molecule has 0 saturated carbocycles. The monoisotopic (exact) mass is 438 g/mol. The van der Waals surface area contributed by atoms with Gasteiger partial charge >= 0.3 is 0 Å². The number of aliphatic hydroxyl groups excluding tert-OH is 1. The number of carbonyl (C=O) groups is 2. The predicted molar refractivity (Wildman–Crippen MR) is 123 cm³/mol. The molecule has 2 aromatic carbocycles. The van der Waals surface area contributed by atoms with Crippen molar-refractivity contribution in [2.75, 3.05) is 40.9 Å². The first kappa shape index (κ1) is 23.3. The first-order chi connectivity index (χ1) is 15.4. The van der Waals surface area contributed by atoms with Crippen molar-refractivity contribution in [3.63, 3.8) is 0 Å². The van der Waals surface area contributed by atoms with E-state index in [4.69, 9.17) is 9.47 Å². The highest BCUT2D eigenvalue weighted by Crippen LogP contribution is 2.42. The SMILES string of the molecule is CCOc1cccc(/C(O)=C2/C(=O)C(=O)N(CCCN(C)C)C2c2ccccc2OC)c1. The van der Waals surface area contributed by atoms with Crippen LogP contribution >= 0.6 is 0 Å². The number of Topliss-reactive ketones (excluding diaryl/α,β-unsaturated/α-hetero) is 1. The maximum absolute atomic E-state index is 13.1. The Kier molecular flexibility index (Phi) is 7.53. The third-order valence-electron chi connectivity index (χ3n) is 5.40. The highest BCUT2D eigenvalue weighted by Gasteiger charge is 2.46. The molecule has 7 heteroatoms. The summed E-state index contributed by atoms with van der Waals surface area (Å²) in [6.07, 6.45) is 0.686. The van der Waals surface area contributed by atoms with Gasteiger partial charge < -0.3 is 24.4 Å². The lowest BCUT2D eigenvalue weighted by molar-refractivity contribution is -0.140. The molecule has 1 saturated heterocycles. The molecule has 1 unspecified atom stereocenters. The molecular formula is C25H30N2O5. The molecule has 0 radical (unpaired) electrons. The van der Waals surface area contributed by atoms with Crippen LogP contribution in [-0.2, 0) is 9.59 Å². The Morgan fingerprint density at radius 1 is 1.12 bits per heavy atom. The molecule has 1 heterocycles. The fraction of sp³-hybridized carbons (Fsp3) is 0.360. The topological polar surface area (TPSA) is 79.3 Å². The van der Waals surface area contributed by atoms with Crippen LogP contribution in [0.4, 0.5) is 0 Å². The first-order valence-electron chi connectivity index (χ1n) is 10.7. The number of ether oxygens (including phenoxy) is 2. The van der Waals surface area contributed by atoms with Crippen molar-refractivity contribution < 1.29 is 24.2 Å². The molecule has 7 nitrogen and oxygen atoms in total. The maximum atomic E-state index is 13.1. The van der Waals surface area contributed by atoms with Gasteiger partial charge in [0.25, 0.3) is 11.7 Å². The Bertz CT molecular complexity index is 1010. The number of benzene rings is 2. The van der Waals surface area contributed by atoms with Crippen LogP contribution in [-0.4, -0.2) is 67.5 Å². The number of methoxy groups -OCH3 is 1. The summed E-state index contributed by atoms with van der Waals surface area (Å²) in [5.74, 6) is -0.431. The van der Waals surface area contributed by atoms with E-state index in [0.29, 0.717) is 42.2 Å². The molecule has 3 rings (SSSR count). The Balaban J connectivity index is 2.13. The Morgan fingerprint density at radius 3 is 2.56 bits per heavy atom. The van der Waals surface area contributed by atoms with E-state index in [2.05, 4.69) is 0 Å². The molecule has 1 atom stereocenters. The first-order valence-corrected chi connectivity index (χ1v) is 10.7. The third kappa shape index (κ3) is 4.78. The van der Waals surface area contributed by atoms with Gasteiger partial charge in [0.1, 0.15) is 17.3 Å². The average Bonchev–Trinajstić information content (AvgIpc) is 3.03. The van der Waals surface area contributed by atoms with Crippen molar-refractivity contribution in [2.24, 2.45) is 0 Å². The van der Waals surface area contributed by atoms with Gasteiger partial charge in [-0.15, -0.1) is 0 Å². The number of amides is 1. The Labute approximate surface area is 188 Å². The van der Waals surface area contributed by atoms with Gasteiger partial charge in [-0.1, -0.05) is 30.3 Å². The molecule has 1 N–H and O–H groups in total. The maximum Gasteiger partial charge on any atom is 0.295 e. The van der Waals surface area contributed by atoms with Gasteiger partial charge in [-0.2, -0.15) is 0 Å². The van der Waals surface area contributed by atoms with Crippen LogP contribution in [0.15, 0.2) is 54.1 Å². The van der Waals surface area contributed by atoms with Crippen LogP contribution in [0, 0.1) is 0 Å². The predicted octanol–water partition coefficient (Wildman–Crippen LogP) is 3.47. The zero-order chi connectivity index (χ0) is 23.3. The van der Waals surface area contributed by atoms with E-state index in [9.17, 15) is 14.7 Å². The standard InChI is InChI=1S/C25H30N2O5/c1-5-32-18-11-8-10-17(16-18)23(28)21-22(19-12-6-7-13-20(19)31-4)27(25(30)24(21)29)15-9-14-26(2)3/h6-8,10-13,16,22,28H,5,9,14-15H2,1-4H3/b23-21-. The van der Waals surface area contributed by atoms with Crippen LogP contribution in [0.3, 0.4) is 0 Å². The zero-order valence-electron chi connectivity index (χ0n) is 19.0. The lowest BCUT2D eigenvalue weighted by Crippen LogP contribution is -2.32. The molecular weight excluding hydrogens is 408 g/mol. The molecule has 32 heavy (non-hydrogen) atoms. The van der Waals surface area contributed by atoms with Crippen molar-refractivity contribution >= 4 is 17.4 Å². The summed E-state index contributed by atoms with van der Waals surface area (Å²) >= 11 is 0.